The average Bonchev–Trinajstić information content (AvgIpc) is 3.77. The molecule has 0 spiro atoms. The predicted molar refractivity (Wildman–Crippen MR) is 163 cm³/mol. The molecule has 2 saturated heterocycles. The predicted octanol–water partition coefficient (Wildman–Crippen LogP) is 2.88. The fourth-order valence-electron chi connectivity index (χ4n) is 5.42. The van der Waals surface area contributed by atoms with Gasteiger partial charge in [-0.05, 0) is 44.2 Å². The highest BCUT2D eigenvalue weighted by Gasteiger charge is 2.34. The summed E-state index contributed by atoms with van der Waals surface area (Å²) >= 11 is 2.70. The number of carbonyl (C=O) groups is 2. The Morgan fingerprint density at radius 1 is 1.14 bits per heavy atom. The Kier molecular flexibility index (Phi) is 8.06. The number of thiazole rings is 1. The van der Waals surface area contributed by atoms with Gasteiger partial charge in [-0.25, -0.2) is 19.2 Å². The van der Waals surface area contributed by atoms with Crippen LogP contribution in [0.1, 0.15) is 28.7 Å². The van der Waals surface area contributed by atoms with Crippen molar-refractivity contribution in [3.05, 3.63) is 40.7 Å². The Hall–Kier alpha value is -3.66. The number of aromatic nitrogens is 4. The summed E-state index contributed by atoms with van der Waals surface area (Å²) < 4.78 is 20.4. The van der Waals surface area contributed by atoms with Crippen molar-refractivity contribution in [2.24, 2.45) is 0 Å². The van der Waals surface area contributed by atoms with E-state index in [4.69, 9.17) is 19.8 Å². The molecule has 4 aromatic rings. The molecule has 0 saturated carbocycles. The lowest BCUT2D eigenvalue weighted by Crippen LogP contribution is -2.56. The topological polar surface area (TPSA) is 120 Å². The van der Waals surface area contributed by atoms with Crippen LogP contribution in [0.4, 0.5) is 20.5 Å². The second-order valence-corrected chi connectivity index (χ2v) is 12.7. The molecule has 2 aliphatic rings. The van der Waals surface area contributed by atoms with Crippen LogP contribution in [0.25, 0.3) is 16.2 Å². The van der Waals surface area contributed by atoms with Crippen LogP contribution in [0.15, 0.2) is 24.3 Å². The number of methoxy groups -OCH3 is 1. The highest BCUT2D eigenvalue weighted by molar-refractivity contribution is 7.20. The van der Waals surface area contributed by atoms with E-state index in [1.54, 1.807) is 17.0 Å². The van der Waals surface area contributed by atoms with E-state index in [9.17, 15) is 19.1 Å². The monoisotopic (exact) mass is 628 g/mol. The molecule has 1 atom stereocenters. The van der Waals surface area contributed by atoms with Gasteiger partial charge >= 0.3 is 5.97 Å². The molecule has 1 unspecified atom stereocenters. The average molecular weight is 629 g/mol. The number of aliphatic hydroxyl groups is 1. The van der Waals surface area contributed by atoms with Gasteiger partial charge in [0.05, 0.1) is 31.1 Å². The quantitative estimate of drug-likeness (QED) is 0.277. The first-order chi connectivity index (χ1) is 20.7. The summed E-state index contributed by atoms with van der Waals surface area (Å²) in [6, 6.07) is 6.06. The number of esters is 1. The zero-order valence-corrected chi connectivity index (χ0v) is 26.0. The minimum absolute atomic E-state index is 0.0406. The summed E-state index contributed by atoms with van der Waals surface area (Å²) in [4.78, 5) is 43.8. The van der Waals surface area contributed by atoms with Gasteiger partial charge in [-0.3, -0.25) is 9.69 Å². The summed E-state index contributed by atoms with van der Waals surface area (Å²) in [6.45, 7) is 4.73. The molecule has 5 heterocycles. The van der Waals surface area contributed by atoms with Crippen molar-refractivity contribution in [3.63, 3.8) is 0 Å². The molecule has 1 N–H and O–H groups in total. The van der Waals surface area contributed by atoms with Crippen LogP contribution in [0, 0.1) is 5.82 Å². The van der Waals surface area contributed by atoms with Gasteiger partial charge in [0.15, 0.2) is 10.9 Å². The summed E-state index contributed by atoms with van der Waals surface area (Å²) in [6.07, 6.45) is 1.17. The maximum atomic E-state index is 13.6. The number of carbonyl (C=O) groups excluding carboxylic acids is 2. The third-order valence-electron chi connectivity index (χ3n) is 7.94. The number of nitrogens with zero attached hydrogens (tertiary/aromatic N) is 8. The van der Waals surface area contributed by atoms with Gasteiger partial charge < -0.3 is 24.5 Å². The van der Waals surface area contributed by atoms with Gasteiger partial charge in [0.25, 0.3) is 0 Å². The molecule has 15 heteroatoms. The van der Waals surface area contributed by atoms with Crippen molar-refractivity contribution < 1.29 is 23.8 Å². The number of rotatable bonds is 9. The number of benzene rings is 1. The number of halogens is 1. The fraction of sp³-hybridized carbons (Fsp3) is 0.464. The molecular formula is C28H33FN8O4S2. The molecule has 1 amide bonds. The number of aryl methyl sites for hydroxylation is 1. The maximum absolute atomic E-state index is 13.6. The Bertz CT molecular complexity index is 1650. The number of fused-ring (bicyclic) bond motifs is 1. The van der Waals surface area contributed by atoms with E-state index in [0.717, 1.165) is 41.1 Å². The Morgan fingerprint density at radius 3 is 2.56 bits per heavy atom. The van der Waals surface area contributed by atoms with Crippen molar-refractivity contribution in [1.82, 2.24) is 29.4 Å². The van der Waals surface area contributed by atoms with Crippen LogP contribution in [-0.2, 0) is 16.0 Å². The molecular weight excluding hydrogens is 595 g/mol. The van der Waals surface area contributed by atoms with Crippen LogP contribution in [0.2, 0.25) is 0 Å². The summed E-state index contributed by atoms with van der Waals surface area (Å²) in [7, 11) is 5.15. The van der Waals surface area contributed by atoms with Gasteiger partial charge in [0.1, 0.15) is 10.7 Å². The molecule has 0 radical (unpaired) electrons. The minimum Gasteiger partial charge on any atom is -0.465 e. The largest absolute Gasteiger partial charge is 0.465 e. The number of imidazole rings is 1. The number of likely N-dealkylation sites (tertiary alicyclic amines) is 1. The summed E-state index contributed by atoms with van der Waals surface area (Å²) in [5.74, 6) is -0.0921. The molecule has 0 bridgehead atoms. The smallest absolute Gasteiger partial charge is 0.350 e. The Labute approximate surface area is 255 Å². The molecule has 12 nitrogen and oxygen atoms in total. The van der Waals surface area contributed by atoms with Crippen molar-refractivity contribution in [1.29, 1.82) is 0 Å². The van der Waals surface area contributed by atoms with Crippen LogP contribution < -0.4 is 9.80 Å². The summed E-state index contributed by atoms with van der Waals surface area (Å²) in [5, 5.41) is 15.8. The van der Waals surface area contributed by atoms with Crippen LogP contribution in [-0.4, -0.2) is 112 Å². The van der Waals surface area contributed by atoms with E-state index in [-0.39, 0.29) is 17.8 Å². The number of β-amino-alcohol motifs (C(OH)–C–C–N with tert-alkyl or cyclic N) is 1. The first-order valence-corrected chi connectivity index (χ1v) is 15.7. The lowest BCUT2D eigenvalue weighted by atomic mass is 10.1. The molecule has 43 heavy (non-hydrogen) atoms. The van der Waals surface area contributed by atoms with Crippen molar-refractivity contribution in [2.75, 3.05) is 63.7 Å². The second kappa shape index (κ2) is 11.8. The summed E-state index contributed by atoms with van der Waals surface area (Å²) in [5.41, 5.74) is 1.88. The molecule has 1 aromatic carbocycles. The number of amides is 1. The van der Waals surface area contributed by atoms with Gasteiger partial charge in [0, 0.05) is 44.8 Å². The lowest BCUT2D eigenvalue weighted by Gasteiger charge is -2.37. The van der Waals surface area contributed by atoms with Crippen LogP contribution in [0.3, 0.4) is 0 Å². The number of ether oxygens (including phenoxy) is 1. The van der Waals surface area contributed by atoms with E-state index in [0.29, 0.717) is 47.3 Å². The Balaban J connectivity index is 1.24. The van der Waals surface area contributed by atoms with E-state index in [1.807, 2.05) is 30.4 Å². The van der Waals surface area contributed by atoms with E-state index < -0.39 is 12.1 Å². The zero-order valence-electron chi connectivity index (χ0n) is 24.4. The van der Waals surface area contributed by atoms with E-state index in [2.05, 4.69) is 9.80 Å². The number of hydrogen-bond acceptors (Lipinski definition) is 12. The highest BCUT2D eigenvalue weighted by Crippen LogP contribution is 2.39. The van der Waals surface area contributed by atoms with Crippen LogP contribution >= 0.6 is 22.7 Å². The van der Waals surface area contributed by atoms with Gasteiger partial charge in [-0.15, -0.1) is 5.10 Å². The number of anilines is 3. The van der Waals surface area contributed by atoms with Gasteiger partial charge in [-0.2, -0.15) is 4.52 Å². The standard InChI is InChI=1S/C28H33FN8O4S2/c1-5-20-24(34(3)26-31-22(23(42-26)25(40)41-4)16-6-8-17(29)9-7-16)37-27(30-20)43-28(32-37)35-11-10-18(12-35)33(2)15-21(39)36-13-19(38)14-36/h6-9,18-19,38H,5,10-15H2,1-4H3. The van der Waals surface area contributed by atoms with Crippen LogP contribution in [0.5, 0.6) is 0 Å². The first kappa shape index (κ1) is 29.4. The SMILES string of the molecule is CCc1nc2sc(N3CCC(N(C)CC(=O)N4CC(O)C4)C3)nn2c1N(C)c1nc(-c2ccc(F)cc2)c(C(=O)OC)s1. The van der Waals surface area contributed by atoms with E-state index in [1.165, 1.54) is 41.9 Å². The Morgan fingerprint density at radius 2 is 1.88 bits per heavy atom. The number of aliphatic hydroxyl groups excluding tert-OH is 1. The van der Waals surface area contributed by atoms with Crippen molar-refractivity contribution >= 4 is 55.6 Å². The first-order valence-electron chi connectivity index (χ1n) is 14.0. The molecule has 6 rings (SSSR count). The zero-order chi connectivity index (χ0) is 30.4. The fourth-order valence-corrected chi connectivity index (χ4v) is 7.34. The molecule has 228 valence electrons. The maximum Gasteiger partial charge on any atom is 0.350 e. The lowest BCUT2D eigenvalue weighted by molar-refractivity contribution is -0.142. The molecule has 2 aliphatic heterocycles. The number of likely N-dealkylation sites (N-methyl/N-ethyl adjacent to an activating group) is 1. The van der Waals surface area contributed by atoms with E-state index >= 15 is 0 Å². The van der Waals surface area contributed by atoms with Gasteiger partial charge in [0.2, 0.25) is 16.0 Å². The molecule has 0 aliphatic carbocycles. The van der Waals surface area contributed by atoms with Gasteiger partial charge in [-0.1, -0.05) is 29.6 Å². The minimum atomic E-state index is -0.515. The molecule has 3 aromatic heterocycles. The third-order valence-corrected chi connectivity index (χ3v) is 10.0. The van der Waals surface area contributed by atoms with Crippen molar-refractivity contribution in [3.8, 4) is 11.3 Å². The van der Waals surface area contributed by atoms with Crippen molar-refractivity contribution in [2.45, 2.75) is 31.9 Å². The highest BCUT2D eigenvalue weighted by atomic mass is 32.1. The third kappa shape index (κ3) is 5.57. The second-order valence-electron chi connectivity index (χ2n) is 10.8. The number of hydrogen-bond donors (Lipinski definition) is 1. The normalized spacial score (nSPS) is 17.2. The molecule has 2 fully saturated rings.